The minimum absolute atomic E-state index is 0.106. The van der Waals surface area contributed by atoms with Crippen LogP contribution in [0.2, 0.25) is 0 Å². The standard InChI is InChI=1S/C5H13N3O/c1-5(9)8(6)4-3-7-2/h7H,3-4,6H2,1-2H3. The van der Waals surface area contributed by atoms with Gasteiger partial charge in [0.25, 0.3) is 0 Å². The van der Waals surface area contributed by atoms with Crippen molar-refractivity contribution < 1.29 is 4.79 Å². The van der Waals surface area contributed by atoms with Gasteiger partial charge in [0.1, 0.15) is 0 Å². The molecule has 54 valence electrons. The molecule has 0 aromatic carbocycles. The zero-order valence-corrected chi connectivity index (χ0v) is 5.85. The zero-order chi connectivity index (χ0) is 7.28. The van der Waals surface area contributed by atoms with E-state index in [2.05, 4.69) is 5.32 Å². The Bertz CT molecular complexity index is 94.2. The fourth-order valence-electron chi connectivity index (χ4n) is 0.390. The number of hydrazine groups is 1. The van der Waals surface area contributed by atoms with Crippen molar-refractivity contribution >= 4 is 5.91 Å². The molecule has 4 nitrogen and oxygen atoms in total. The van der Waals surface area contributed by atoms with Crippen LogP contribution in [0.15, 0.2) is 0 Å². The molecule has 0 aromatic heterocycles. The Morgan fingerprint density at radius 2 is 2.33 bits per heavy atom. The van der Waals surface area contributed by atoms with Crippen molar-refractivity contribution in [2.75, 3.05) is 20.1 Å². The topological polar surface area (TPSA) is 58.4 Å². The van der Waals surface area contributed by atoms with Gasteiger partial charge in [0.05, 0.1) is 0 Å². The van der Waals surface area contributed by atoms with Crippen LogP contribution in [-0.4, -0.2) is 31.1 Å². The highest BCUT2D eigenvalue weighted by Crippen LogP contribution is 1.74. The van der Waals surface area contributed by atoms with Gasteiger partial charge >= 0.3 is 0 Å². The number of amides is 1. The van der Waals surface area contributed by atoms with Gasteiger partial charge in [-0.2, -0.15) is 0 Å². The monoisotopic (exact) mass is 131 g/mol. The average Bonchev–Trinajstić information content (AvgIpc) is 1.82. The normalized spacial score (nSPS) is 9.22. The number of likely N-dealkylation sites (N-methyl/N-ethyl adjacent to an activating group) is 1. The van der Waals surface area contributed by atoms with E-state index < -0.39 is 0 Å². The molecule has 0 saturated heterocycles. The number of rotatable bonds is 3. The highest BCUT2D eigenvalue weighted by atomic mass is 16.2. The Hall–Kier alpha value is -0.610. The minimum Gasteiger partial charge on any atom is -0.318 e. The van der Waals surface area contributed by atoms with Crippen LogP contribution in [0, 0.1) is 0 Å². The summed E-state index contributed by atoms with van der Waals surface area (Å²) in [7, 11) is 1.81. The first-order chi connectivity index (χ1) is 4.18. The predicted octanol–water partition coefficient (Wildman–Crippen LogP) is -1.07. The third-order valence-electron chi connectivity index (χ3n) is 1.01. The van der Waals surface area contributed by atoms with Crippen LogP contribution in [0.1, 0.15) is 6.92 Å². The van der Waals surface area contributed by atoms with Crippen LogP contribution in [0.3, 0.4) is 0 Å². The molecule has 0 spiro atoms. The summed E-state index contributed by atoms with van der Waals surface area (Å²) >= 11 is 0. The molecule has 0 aliphatic heterocycles. The summed E-state index contributed by atoms with van der Waals surface area (Å²) in [5.74, 6) is 5.14. The van der Waals surface area contributed by atoms with E-state index in [9.17, 15) is 4.79 Å². The maximum Gasteiger partial charge on any atom is 0.233 e. The lowest BCUT2D eigenvalue weighted by atomic mass is 10.5. The van der Waals surface area contributed by atoms with E-state index in [0.29, 0.717) is 6.54 Å². The molecular formula is C5H13N3O. The second-order valence-corrected chi connectivity index (χ2v) is 1.82. The largest absolute Gasteiger partial charge is 0.318 e. The summed E-state index contributed by atoms with van der Waals surface area (Å²) < 4.78 is 0. The van der Waals surface area contributed by atoms with Gasteiger partial charge in [-0.05, 0) is 7.05 Å². The van der Waals surface area contributed by atoms with Gasteiger partial charge in [-0.25, -0.2) is 5.84 Å². The van der Waals surface area contributed by atoms with Gasteiger partial charge in [0.15, 0.2) is 0 Å². The summed E-state index contributed by atoms with van der Waals surface area (Å²) in [6, 6.07) is 0. The van der Waals surface area contributed by atoms with Crippen LogP contribution < -0.4 is 11.2 Å². The van der Waals surface area contributed by atoms with Gasteiger partial charge in [-0.15, -0.1) is 0 Å². The summed E-state index contributed by atoms with van der Waals surface area (Å²) in [5.41, 5.74) is 0. The van der Waals surface area contributed by atoms with E-state index in [0.717, 1.165) is 6.54 Å². The molecule has 0 heterocycles. The van der Waals surface area contributed by atoms with Crippen molar-refractivity contribution in [3.8, 4) is 0 Å². The van der Waals surface area contributed by atoms with Crippen LogP contribution in [0.4, 0.5) is 0 Å². The molecule has 1 amide bonds. The van der Waals surface area contributed by atoms with Crippen LogP contribution in [0.5, 0.6) is 0 Å². The molecule has 0 rings (SSSR count). The Labute approximate surface area is 55.0 Å². The van der Waals surface area contributed by atoms with E-state index in [1.165, 1.54) is 11.9 Å². The zero-order valence-electron chi connectivity index (χ0n) is 5.85. The first-order valence-electron chi connectivity index (χ1n) is 2.86. The fourth-order valence-corrected chi connectivity index (χ4v) is 0.390. The number of hydrogen-bond donors (Lipinski definition) is 2. The molecule has 4 heteroatoms. The van der Waals surface area contributed by atoms with E-state index in [1.54, 1.807) is 0 Å². The summed E-state index contributed by atoms with van der Waals surface area (Å²) in [6.07, 6.45) is 0. The fraction of sp³-hybridized carbons (Fsp3) is 0.800. The molecular weight excluding hydrogens is 118 g/mol. The van der Waals surface area contributed by atoms with Crippen molar-refractivity contribution in [1.29, 1.82) is 0 Å². The summed E-state index contributed by atoms with van der Waals surface area (Å²) in [4.78, 5) is 10.4. The van der Waals surface area contributed by atoms with Gasteiger partial charge < -0.3 is 5.32 Å². The second kappa shape index (κ2) is 4.29. The molecule has 0 radical (unpaired) electrons. The van der Waals surface area contributed by atoms with Gasteiger partial charge in [-0.1, -0.05) is 0 Å². The molecule has 0 fully saturated rings. The SMILES string of the molecule is CNCCN(N)C(C)=O. The van der Waals surface area contributed by atoms with E-state index in [-0.39, 0.29) is 5.91 Å². The van der Waals surface area contributed by atoms with Crippen molar-refractivity contribution in [3.05, 3.63) is 0 Å². The number of carbonyl (C=O) groups is 1. The van der Waals surface area contributed by atoms with Crippen LogP contribution in [0.25, 0.3) is 0 Å². The number of nitrogens with two attached hydrogens (primary N) is 1. The molecule has 0 saturated carbocycles. The van der Waals surface area contributed by atoms with Crippen molar-refractivity contribution in [1.82, 2.24) is 10.3 Å². The first-order valence-corrected chi connectivity index (χ1v) is 2.86. The lowest BCUT2D eigenvalue weighted by Gasteiger charge is -2.12. The van der Waals surface area contributed by atoms with Crippen LogP contribution >= 0.6 is 0 Å². The third kappa shape index (κ3) is 3.93. The quantitative estimate of drug-likeness (QED) is 0.291. The first kappa shape index (κ1) is 8.39. The van der Waals surface area contributed by atoms with E-state index in [1.807, 2.05) is 7.05 Å². The van der Waals surface area contributed by atoms with Gasteiger partial charge in [0, 0.05) is 20.0 Å². The van der Waals surface area contributed by atoms with Crippen LogP contribution in [-0.2, 0) is 4.79 Å². The molecule has 0 atom stereocenters. The molecule has 0 unspecified atom stereocenters. The Morgan fingerprint density at radius 3 is 2.67 bits per heavy atom. The Balaban J connectivity index is 3.27. The smallest absolute Gasteiger partial charge is 0.233 e. The third-order valence-corrected chi connectivity index (χ3v) is 1.01. The lowest BCUT2D eigenvalue weighted by Crippen LogP contribution is -2.39. The van der Waals surface area contributed by atoms with E-state index >= 15 is 0 Å². The molecule has 9 heavy (non-hydrogen) atoms. The molecule has 3 N–H and O–H groups in total. The van der Waals surface area contributed by atoms with Crippen molar-refractivity contribution in [3.63, 3.8) is 0 Å². The highest BCUT2D eigenvalue weighted by molar-refractivity contribution is 5.72. The second-order valence-electron chi connectivity index (χ2n) is 1.82. The van der Waals surface area contributed by atoms with Gasteiger partial charge in [-0.3, -0.25) is 9.80 Å². The summed E-state index contributed by atoms with van der Waals surface area (Å²) in [5, 5.41) is 4.06. The molecule has 0 aliphatic carbocycles. The number of nitrogens with one attached hydrogen (secondary N) is 1. The molecule has 0 bridgehead atoms. The maximum atomic E-state index is 10.4. The van der Waals surface area contributed by atoms with Gasteiger partial charge in [0.2, 0.25) is 5.91 Å². The molecule has 0 aromatic rings. The number of nitrogens with zero attached hydrogens (tertiary/aromatic N) is 1. The average molecular weight is 131 g/mol. The molecule has 0 aliphatic rings. The minimum atomic E-state index is -0.106. The highest BCUT2D eigenvalue weighted by Gasteiger charge is 1.98. The summed E-state index contributed by atoms with van der Waals surface area (Å²) in [6.45, 7) is 2.73. The number of carbonyl (C=O) groups excluding carboxylic acids is 1. The number of hydrogen-bond acceptors (Lipinski definition) is 3. The lowest BCUT2D eigenvalue weighted by molar-refractivity contribution is -0.129. The predicted molar refractivity (Wildman–Crippen MR) is 35.5 cm³/mol. The maximum absolute atomic E-state index is 10.4. The van der Waals surface area contributed by atoms with Crippen molar-refractivity contribution in [2.45, 2.75) is 6.92 Å². The van der Waals surface area contributed by atoms with E-state index in [4.69, 9.17) is 5.84 Å². The Morgan fingerprint density at radius 1 is 1.78 bits per heavy atom. The van der Waals surface area contributed by atoms with Crippen molar-refractivity contribution in [2.24, 2.45) is 5.84 Å². The Kier molecular flexibility index (Phi) is 4.00.